The molecular weight excluding hydrogens is 340 g/mol. The molecule has 0 fully saturated rings. The summed E-state index contributed by atoms with van der Waals surface area (Å²) in [6.07, 6.45) is 0.679. The minimum absolute atomic E-state index is 0.311. The molecule has 5 nitrogen and oxygen atoms in total. The molecule has 0 saturated carbocycles. The number of carbonyl (C=O) groups is 2. The Morgan fingerprint density at radius 1 is 1.08 bits per heavy atom. The van der Waals surface area contributed by atoms with Crippen molar-refractivity contribution in [2.24, 2.45) is 0 Å². The fraction of sp³-hybridized carbons (Fsp3) is 0.158. The van der Waals surface area contributed by atoms with Crippen molar-refractivity contribution in [1.82, 2.24) is 10.3 Å². The van der Waals surface area contributed by atoms with Crippen LogP contribution in [0.2, 0.25) is 5.02 Å². The molecule has 128 valence electrons. The summed E-state index contributed by atoms with van der Waals surface area (Å²) in [4.78, 5) is 26.7. The zero-order valence-electron chi connectivity index (χ0n) is 13.4. The maximum absolute atomic E-state index is 12.0. The van der Waals surface area contributed by atoms with Crippen molar-refractivity contribution in [3.63, 3.8) is 0 Å². The molecule has 0 spiro atoms. The molecule has 25 heavy (non-hydrogen) atoms. The molecule has 0 aliphatic rings. The average molecular weight is 357 g/mol. The summed E-state index contributed by atoms with van der Waals surface area (Å²) in [5.41, 5.74) is 2.25. The molecule has 0 radical (unpaired) electrons. The Labute approximate surface area is 149 Å². The van der Waals surface area contributed by atoms with Gasteiger partial charge in [-0.25, -0.2) is 4.79 Å². The lowest BCUT2D eigenvalue weighted by atomic mass is 10.1. The predicted molar refractivity (Wildman–Crippen MR) is 96.7 cm³/mol. The molecule has 2 aromatic carbocycles. The van der Waals surface area contributed by atoms with E-state index >= 15 is 0 Å². The van der Waals surface area contributed by atoms with Crippen molar-refractivity contribution in [1.29, 1.82) is 0 Å². The van der Waals surface area contributed by atoms with Crippen molar-refractivity contribution in [3.8, 4) is 0 Å². The number of halogens is 1. The largest absolute Gasteiger partial charge is 0.451 e. The monoisotopic (exact) mass is 356 g/mol. The van der Waals surface area contributed by atoms with E-state index in [1.165, 1.54) is 0 Å². The van der Waals surface area contributed by atoms with Crippen LogP contribution in [-0.4, -0.2) is 30.0 Å². The normalized spacial score (nSPS) is 10.6. The number of para-hydroxylation sites is 1. The minimum atomic E-state index is -0.552. The third-order valence-corrected chi connectivity index (χ3v) is 3.99. The molecule has 6 heteroatoms. The lowest BCUT2D eigenvalue weighted by Gasteiger charge is -2.06. The predicted octanol–water partition coefficient (Wildman–Crippen LogP) is 3.34. The number of hydrogen-bond acceptors (Lipinski definition) is 3. The van der Waals surface area contributed by atoms with E-state index in [0.29, 0.717) is 23.7 Å². The third-order valence-electron chi connectivity index (χ3n) is 3.73. The highest BCUT2D eigenvalue weighted by Crippen LogP contribution is 2.15. The Morgan fingerprint density at radius 3 is 2.60 bits per heavy atom. The van der Waals surface area contributed by atoms with Gasteiger partial charge in [-0.05, 0) is 36.2 Å². The summed E-state index contributed by atoms with van der Waals surface area (Å²) in [6, 6.07) is 16.7. The Kier molecular flexibility index (Phi) is 5.36. The number of H-pyrrole nitrogens is 1. The number of carbonyl (C=O) groups excluding carboxylic acids is 2. The van der Waals surface area contributed by atoms with Crippen LogP contribution in [0.1, 0.15) is 16.1 Å². The van der Waals surface area contributed by atoms with Gasteiger partial charge in [0.25, 0.3) is 5.91 Å². The topological polar surface area (TPSA) is 71.2 Å². The van der Waals surface area contributed by atoms with Crippen LogP contribution in [0.4, 0.5) is 0 Å². The highest BCUT2D eigenvalue weighted by Gasteiger charge is 2.12. The number of aromatic nitrogens is 1. The fourth-order valence-corrected chi connectivity index (χ4v) is 2.57. The van der Waals surface area contributed by atoms with E-state index in [-0.39, 0.29) is 12.5 Å². The van der Waals surface area contributed by atoms with Crippen LogP contribution in [-0.2, 0) is 16.0 Å². The van der Waals surface area contributed by atoms with Crippen molar-refractivity contribution in [2.45, 2.75) is 6.42 Å². The van der Waals surface area contributed by atoms with Gasteiger partial charge in [0, 0.05) is 22.5 Å². The lowest BCUT2D eigenvalue weighted by molar-refractivity contribution is -0.124. The van der Waals surface area contributed by atoms with Crippen LogP contribution in [0.15, 0.2) is 54.6 Å². The van der Waals surface area contributed by atoms with E-state index in [1.807, 2.05) is 36.4 Å². The van der Waals surface area contributed by atoms with E-state index in [4.69, 9.17) is 16.3 Å². The van der Waals surface area contributed by atoms with Gasteiger partial charge in [-0.1, -0.05) is 41.9 Å². The number of fused-ring (bicyclic) bond motifs is 1. The number of benzene rings is 2. The quantitative estimate of drug-likeness (QED) is 0.665. The molecule has 0 unspecified atom stereocenters. The summed E-state index contributed by atoms with van der Waals surface area (Å²) >= 11 is 5.82. The second kappa shape index (κ2) is 7.85. The van der Waals surface area contributed by atoms with Gasteiger partial charge in [0.1, 0.15) is 5.69 Å². The van der Waals surface area contributed by atoms with E-state index < -0.39 is 5.97 Å². The molecular formula is C19H17ClN2O3. The molecule has 0 aliphatic heterocycles. The van der Waals surface area contributed by atoms with Crippen LogP contribution in [0.25, 0.3) is 10.9 Å². The second-order valence-electron chi connectivity index (χ2n) is 5.57. The van der Waals surface area contributed by atoms with E-state index in [1.54, 1.807) is 18.2 Å². The van der Waals surface area contributed by atoms with Gasteiger partial charge in [-0.15, -0.1) is 0 Å². The van der Waals surface area contributed by atoms with E-state index in [2.05, 4.69) is 10.3 Å². The standard InChI is InChI=1S/C19H17ClN2O3/c20-15-7-5-13(6-8-15)9-10-21-18(23)12-25-19(24)17-11-14-3-1-2-4-16(14)22-17/h1-8,11,22H,9-10,12H2,(H,21,23). The Bertz CT molecular complexity index is 854. The van der Waals surface area contributed by atoms with Crippen molar-refractivity contribution >= 4 is 34.4 Å². The zero-order valence-corrected chi connectivity index (χ0v) is 14.2. The number of amides is 1. The van der Waals surface area contributed by atoms with Gasteiger partial charge in [-0.3, -0.25) is 4.79 Å². The first-order valence-corrected chi connectivity index (χ1v) is 8.25. The van der Waals surface area contributed by atoms with Gasteiger partial charge in [-0.2, -0.15) is 0 Å². The fourth-order valence-electron chi connectivity index (χ4n) is 2.44. The number of nitrogens with one attached hydrogen (secondary N) is 2. The average Bonchev–Trinajstić information content (AvgIpc) is 3.05. The molecule has 3 rings (SSSR count). The molecule has 1 amide bonds. The van der Waals surface area contributed by atoms with Gasteiger partial charge >= 0.3 is 5.97 Å². The molecule has 1 heterocycles. The third kappa shape index (κ3) is 4.61. The van der Waals surface area contributed by atoms with Crippen LogP contribution >= 0.6 is 11.6 Å². The highest BCUT2D eigenvalue weighted by molar-refractivity contribution is 6.30. The van der Waals surface area contributed by atoms with Gasteiger partial charge in [0.15, 0.2) is 6.61 Å². The Hall–Kier alpha value is -2.79. The van der Waals surface area contributed by atoms with Crippen LogP contribution in [0.5, 0.6) is 0 Å². The van der Waals surface area contributed by atoms with Crippen LogP contribution in [0.3, 0.4) is 0 Å². The number of hydrogen-bond donors (Lipinski definition) is 2. The first-order valence-electron chi connectivity index (χ1n) is 7.88. The van der Waals surface area contributed by atoms with E-state index in [9.17, 15) is 9.59 Å². The summed E-state index contributed by atoms with van der Waals surface area (Å²) in [6.45, 7) is 0.152. The number of ether oxygens (including phenoxy) is 1. The molecule has 0 bridgehead atoms. The summed E-state index contributed by atoms with van der Waals surface area (Å²) in [5, 5.41) is 4.32. The Morgan fingerprint density at radius 2 is 1.84 bits per heavy atom. The lowest BCUT2D eigenvalue weighted by Crippen LogP contribution is -2.30. The molecule has 0 aliphatic carbocycles. The first-order chi connectivity index (χ1) is 12.1. The Balaban J connectivity index is 1.43. The number of esters is 1. The zero-order chi connectivity index (χ0) is 17.6. The van der Waals surface area contributed by atoms with Crippen molar-refractivity contribution in [2.75, 3.05) is 13.2 Å². The van der Waals surface area contributed by atoms with Crippen molar-refractivity contribution in [3.05, 3.63) is 70.9 Å². The molecule has 2 N–H and O–H groups in total. The number of aromatic amines is 1. The summed E-state index contributed by atoms with van der Waals surface area (Å²) in [5.74, 6) is -0.887. The van der Waals surface area contributed by atoms with Crippen LogP contribution < -0.4 is 5.32 Å². The molecule has 0 atom stereocenters. The van der Waals surface area contributed by atoms with E-state index in [0.717, 1.165) is 16.5 Å². The SMILES string of the molecule is O=C(COC(=O)c1cc2ccccc2[nH]1)NCCc1ccc(Cl)cc1. The second-order valence-corrected chi connectivity index (χ2v) is 6.01. The van der Waals surface area contributed by atoms with Gasteiger partial charge < -0.3 is 15.0 Å². The maximum Gasteiger partial charge on any atom is 0.355 e. The summed E-state index contributed by atoms with van der Waals surface area (Å²) < 4.78 is 5.04. The molecule has 3 aromatic rings. The maximum atomic E-state index is 12.0. The number of rotatable bonds is 6. The smallest absolute Gasteiger partial charge is 0.355 e. The van der Waals surface area contributed by atoms with Crippen molar-refractivity contribution < 1.29 is 14.3 Å². The summed E-state index contributed by atoms with van der Waals surface area (Å²) in [7, 11) is 0. The minimum Gasteiger partial charge on any atom is -0.451 e. The van der Waals surface area contributed by atoms with Crippen LogP contribution in [0, 0.1) is 0 Å². The van der Waals surface area contributed by atoms with Gasteiger partial charge in [0.2, 0.25) is 0 Å². The molecule has 0 saturated heterocycles. The highest BCUT2D eigenvalue weighted by atomic mass is 35.5. The van der Waals surface area contributed by atoms with Gasteiger partial charge in [0.05, 0.1) is 0 Å². The first kappa shape index (κ1) is 17.0. The molecule has 1 aromatic heterocycles.